The van der Waals surface area contributed by atoms with Gasteiger partial charge in [0, 0.05) is 18.0 Å². The molecule has 1 aliphatic rings. The van der Waals surface area contributed by atoms with Crippen LogP contribution in [-0.2, 0) is 6.42 Å². The van der Waals surface area contributed by atoms with Crippen molar-refractivity contribution in [2.45, 2.75) is 44.8 Å². The van der Waals surface area contributed by atoms with Gasteiger partial charge in [0.05, 0.1) is 19.3 Å². The first-order chi connectivity index (χ1) is 12.1. The molecule has 3 rings (SSSR count). The molecule has 1 aliphatic carbocycles. The lowest BCUT2D eigenvalue weighted by molar-refractivity contribution is 0.0234. The Morgan fingerprint density at radius 3 is 2.88 bits per heavy atom. The average Bonchev–Trinajstić information content (AvgIpc) is 3.06. The second-order valence-electron chi connectivity index (χ2n) is 6.50. The summed E-state index contributed by atoms with van der Waals surface area (Å²) in [5.41, 5.74) is 2.24. The van der Waals surface area contributed by atoms with Gasteiger partial charge < -0.3 is 15.2 Å². The van der Waals surface area contributed by atoms with E-state index < -0.39 is 0 Å². The fraction of sp³-hybridized carbons (Fsp3) is 0.500. The zero-order valence-corrected chi connectivity index (χ0v) is 14.5. The summed E-state index contributed by atoms with van der Waals surface area (Å²) in [6.07, 6.45) is 4.60. The van der Waals surface area contributed by atoms with Gasteiger partial charge in [-0.1, -0.05) is 19.4 Å². The number of methoxy groups -OCH3 is 1. The van der Waals surface area contributed by atoms with Gasteiger partial charge in [0.25, 0.3) is 5.91 Å². The molecule has 2 aromatic rings. The number of aliphatic hydroxyl groups is 1. The fourth-order valence-electron chi connectivity index (χ4n) is 3.16. The minimum absolute atomic E-state index is 0.184. The van der Waals surface area contributed by atoms with Gasteiger partial charge in [-0.2, -0.15) is 5.10 Å². The zero-order valence-electron chi connectivity index (χ0n) is 14.5. The number of H-pyrrole nitrogens is 1. The highest BCUT2D eigenvalue weighted by Crippen LogP contribution is 2.38. The smallest absolute Gasteiger partial charge is 0.272 e. The molecule has 1 amide bonds. The van der Waals surface area contributed by atoms with Crippen molar-refractivity contribution in [1.29, 1.82) is 0 Å². The summed E-state index contributed by atoms with van der Waals surface area (Å²) in [4.78, 5) is 16.8. The van der Waals surface area contributed by atoms with E-state index in [9.17, 15) is 9.90 Å². The molecule has 1 fully saturated rings. The molecule has 7 heteroatoms. The van der Waals surface area contributed by atoms with Crippen LogP contribution in [0.15, 0.2) is 24.4 Å². The Morgan fingerprint density at radius 2 is 2.28 bits per heavy atom. The lowest BCUT2D eigenvalue weighted by atomic mass is 9.75. The van der Waals surface area contributed by atoms with E-state index in [0.717, 1.165) is 24.1 Å². The number of pyridine rings is 1. The maximum atomic E-state index is 12.6. The number of hydrogen-bond donors (Lipinski definition) is 3. The molecule has 134 valence electrons. The van der Waals surface area contributed by atoms with Crippen LogP contribution in [0.1, 0.15) is 54.0 Å². The summed E-state index contributed by atoms with van der Waals surface area (Å²) in [6, 6.07) is 5.25. The predicted molar refractivity (Wildman–Crippen MR) is 92.3 cm³/mol. The number of nitrogens with one attached hydrogen (secondary N) is 2. The van der Waals surface area contributed by atoms with Crippen molar-refractivity contribution in [3.05, 3.63) is 41.3 Å². The topological polar surface area (TPSA) is 100 Å². The monoisotopic (exact) mass is 344 g/mol. The molecule has 0 unspecified atom stereocenters. The number of ether oxygens (including phenoxy) is 1. The van der Waals surface area contributed by atoms with Crippen molar-refractivity contribution in [3.8, 4) is 5.88 Å². The number of hydrogen-bond acceptors (Lipinski definition) is 5. The fourth-order valence-corrected chi connectivity index (χ4v) is 3.16. The summed E-state index contributed by atoms with van der Waals surface area (Å²) >= 11 is 0. The molecule has 25 heavy (non-hydrogen) atoms. The highest BCUT2D eigenvalue weighted by atomic mass is 16.5. The van der Waals surface area contributed by atoms with E-state index in [1.807, 2.05) is 6.07 Å². The van der Waals surface area contributed by atoms with Crippen molar-refractivity contribution >= 4 is 5.91 Å². The number of carbonyl (C=O) groups is 1. The van der Waals surface area contributed by atoms with E-state index in [1.54, 1.807) is 25.4 Å². The van der Waals surface area contributed by atoms with Crippen molar-refractivity contribution in [2.24, 2.45) is 5.92 Å². The Hall–Kier alpha value is -2.41. The van der Waals surface area contributed by atoms with E-state index >= 15 is 0 Å². The Balaban J connectivity index is 1.75. The molecule has 1 atom stereocenters. The van der Waals surface area contributed by atoms with Crippen molar-refractivity contribution in [2.75, 3.05) is 7.11 Å². The number of aliphatic hydroxyl groups excluding tert-OH is 1. The maximum Gasteiger partial charge on any atom is 0.272 e. The summed E-state index contributed by atoms with van der Waals surface area (Å²) in [7, 11) is 1.56. The summed E-state index contributed by atoms with van der Waals surface area (Å²) in [5, 5.41) is 19.7. The summed E-state index contributed by atoms with van der Waals surface area (Å²) < 4.78 is 5.09. The lowest BCUT2D eigenvalue weighted by Gasteiger charge is -2.38. The van der Waals surface area contributed by atoms with Gasteiger partial charge in [-0.3, -0.25) is 9.89 Å². The molecule has 0 aromatic carbocycles. The second kappa shape index (κ2) is 7.65. The number of aryl methyl sites for hydroxylation is 1. The first kappa shape index (κ1) is 17.4. The molecule has 2 heterocycles. The van der Waals surface area contributed by atoms with Crippen LogP contribution in [0.25, 0.3) is 0 Å². The number of amides is 1. The van der Waals surface area contributed by atoms with E-state index in [4.69, 9.17) is 4.74 Å². The van der Waals surface area contributed by atoms with Crippen LogP contribution in [0.2, 0.25) is 0 Å². The third kappa shape index (κ3) is 3.99. The van der Waals surface area contributed by atoms with Gasteiger partial charge in [0.2, 0.25) is 5.88 Å². The molecule has 0 aliphatic heterocycles. The van der Waals surface area contributed by atoms with Crippen molar-refractivity contribution in [1.82, 2.24) is 20.5 Å². The third-order valence-corrected chi connectivity index (χ3v) is 4.62. The molecular formula is C18H24N4O3. The highest BCUT2D eigenvalue weighted by Gasteiger charge is 2.36. The molecule has 0 radical (unpaired) electrons. The quantitative estimate of drug-likeness (QED) is 0.713. The average molecular weight is 344 g/mol. The molecule has 2 aromatic heterocycles. The van der Waals surface area contributed by atoms with Gasteiger partial charge in [0.1, 0.15) is 5.69 Å². The molecule has 7 nitrogen and oxygen atoms in total. The van der Waals surface area contributed by atoms with Crippen LogP contribution >= 0.6 is 0 Å². The van der Waals surface area contributed by atoms with Crippen LogP contribution in [0, 0.1) is 5.92 Å². The van der Waals surface area contributed by atoms with Crippen molar-refractivity contribution in [3.63, 3.8) is 0 Å². The molecule has 0 spiro atoms. The zero-order chi connectivity index (χ0) is 17.8. The number of aromatic amines is 1. The molecule has 1 saturated carbocycles. The Bertz CT molecular complexity index is 707. The third-order valence-electron chi connectivity index (χ3n) is 4.62. The standard InChI is InChI=1S/C18H24N4O3/c1-3-4-13-9-15(22-21-13)18(24)20-17(12-7-14(23)8-12)11-5-6-16(25-2)19-10-11/h5-6,9-10,12,14,17,23H,3-4,7-8H2,1-2H3,(H,20,24)(H,21,22)/t12?,14?,17-/m1/s1. The number of carbonyl (C=O) groups excluding carboxylic acids is 1. The van der Waals surface area contributed by atoms with Crippen LogP contribution in [0.5, 0.6) is 5.88 Å². The van der Waals surface area contributed by atoms with Gasteiger partial charge in [-0.05, 0) is 36.8 Å². The Morgan fingerprint density at radius 1 is 1.48 bits per heavy atom. The molecule has 0 bridgehead atoms. The van der Waals surface area contributed by atoms with Gasteiger partial charge >= 0.3 is 0 Å². The van der Waals surface area contributed by atoms with E-state index in [-0.39, 0.29) is 24.0 Å². The van der Waals surface area contributed by atoms with E-state index in [0.29, 0.717) is 24.4 Å². The van der Waals surface area contributed by atoms with Gasteiger partial charge in [-0.25, -0.2) is 4.98 Å². The Labute approximate surface area is 146 Å². The van der Waals surface area contributed by atoms with Crippen molar-refractivity contribution < 1.29 is 14.6 Å². The summed E-state index contributed by atoms with van der Waals surface area (Å²) in [6.45, 7) is 2.08. The minimum Gasteiger partial charge on any atom is -0.481 e. The van der Waals surface area contributed by atoms with Crippen LogP contribution < -0.4 is 10.1 Å². The molecule has 0 saturated heterocycles. The normalized spacial score (nSPS) is 20.6. The number of rotatable bonds is 7. The highest BCUT2D eigenvalue weighted by molar-refractivity contribution is 5.92. The predicted octanol–water partition coefficient (Wildman–Crippen LogP) is 2.01. The maximum absolute atomic E-state index is 12.6. The van der Waals surface area contributed by atoms with Gasteiger partial charge in [0.15, 0.2) is 0 Å². The van der Waals surface area contributed by atoms with E-state index in [1.165, 1.54) is 0 Å². The van der Waals surface area contributed by atoms with Crippen LogP contribution in [-0.4, -0.2) is 39.4 Å². The number of nitrogens with zero attached hydrogens (tertiary/aromatic N) is 2. The first-order valence-electron chi connectivity index (χ1n) is 8.63. The van der Waals surface area contributed by atoms with Gasteiger partial charge in [-0.15, -0.1) is 0 Å². The van der Waals surface area contributed by atoms with Crippen LogP contribution in [0.4, 0.5) is 0 Å². The first-order valence-corrected chi connectivity index (χ1v) is 8.63. The molecular weight excluding hydrogens is 320 g/mol. The molecule has 3 N–H and O–H groups in total. The Kier molecular flexibility index (Phi) is 5.33. The number of aromatic nitrogens is 3. The van der Waals surface area contributed by atoms with Crippen LogP contribution in [0.3, 0.4) is 0 Å². The van der Waals surface area contributed by atoms with E-state index in [2.05, 4.69) is 27.4 Å². The lowest BCUT2D eigenvalue weighted by Crippen LogP contribution is -2.41. The SMILES string of the molecule is CCCc1cc(C(=O)N[C@H](c2ccc(OC)nc2)C2CC(O)C2)n[nH]1. The minimum atomic E-state index is -0.294. The second-order valence-corrected chi connectivity index (χ2v) is 6.50. The largest absolute Gasteiger partial charge is 0.481 e. The summed E-state index contributed by atoms with van der Waals surface area (Å²) in [5.74, 6) is 0.489.